The molecule has 0 amide bonds. The van der Waals surface area contributed by atoms with Gasteiger partial charge in [-0.2, -0.15) is 5.10 Å². The number of aryl methyl sites for hydroxylation is 1. The minimum atomic E-state index is -0.242. The van der Waals surface area contributed by atoms with E-state index in [0.29, 0.717) is 16.6 Å². The number of hydrogen-bond donors (Lipinski definition) is 1. The molecule has 5 heteroatoms. The molecule has 0 unspecified atom stereocenters. The zero-order valence-corrected chi connectivity index (χ0v) is 24.7. The molecule has 0 fully saturated rings. The van der Waals surface area contributed by atoms with Gasteiger partial charge in [-0.1, -0.05) is 86.8 Å². The van der Waals surface area contributed by atoms with Crippen LogP contribution in [0.15, 0.2) is 49.3 Å². The van der Waals surface area contributed by atoms with Crippen LogP contribution in [0.1, 0.15) is 99.5 Å². The molecule has 0 bridgehead atoms. The lowest BCUT2D eigenvalue weighted by Gasteiger charge is -2.12. The normalized spacial score (nSPS) is 11.0. The van der Waals surface area contributed by atoms with Crippen molar-refractivity contribution in [1.29, 1.82) is 0 Å². The zero-order valence-electron chi connectivity index (χ0n) is 24.7. The SMILES string of the molecule is C=CCCCC(C)C.CCC(C)(C)C.CCCNc1ccn2ncc(-c3cc(CCC)ccc3F)c2n1. The standard InChI is InChI=1S/C18H21FN4.C8H16.C6H14/c1-3-5-13-6-7-16(19)14(11-13)15-12-21-23-10-8-17(20-9-4-2)22-18(15)23;1-4-5-6-7-8(2)3;1-5-6(2,3)4/h6-8,10-12H,3-5,9H2,1-2H3,(H,20,22);4,8H,1,5-7H2,2-3H3;5H2,1-4H3. The van der Waals surface area contributed by atoms with Gasteiger partial charge in [0.1, 0.15) is 11.6 Å². The van der Waals surface area contributed by atoms with E-state index in [2.05, 4.69) is 77.4 Å². The molecular formula is C32H51FN4. The molecule has 0 saturated heterocycles. The van der Waals surface area contributed by atoms with Gasteiger partial charge >= 0.3 is 0 Å². The minimum absolute atomic E-state index is 0.242. The largest absolute Gasteiger partial charge is 0.370 e. The van der Waals surface area contributed by atoms with Crippen LogP contribution >= 0.6 is 0 Å². The average Bonchev–Trinajstić information content (AvgIpc) is 3.27. The monoisotopic (exact) mass is 510 g/mol. The number of anilines is 1. The number of rotatable bonds is 10. The molecule has 3 rings (SSSR count). The van der Waals surface area contributed by atoms with E-state index in [1.165, 1.54) is 31.7 Å². The summed E-state index contributed by atoms with van der Waals surface area (Å²) in [5.74, 6) is 1.40. The molecule has 2 aromatic heterocycles. The quantitative estimate of drug-likeness (QED) is 0.218. The number of nitrogens with one attached hydrogen (secondary N) is 1. The second-order valence-electron chi connectivity index (χ2n) is 11.2. The van der Waals surface area contributed by atoms with Crippen molar-refractivity contribution in [2.24, 2.45) is 11.3 Å². The number of hydrogen-bond acceptors (Lipinski definition) is 3. The summed E-state index contributed by atoms with van der Waals surface area (Å²) in [5.41, 5.74) is 3.62. The predicted molar refractivity (Wildman–Crippen MR) is 160 cm³/mol. The van der Waals surface area contributed by atoms with Crippen LogP contribution in [0.5, 0.6) is 0 Å². The topological polar surface area (TPSA) is 42.2 Å². The third-order valence-electron chi connectivity index (χ3n) is 6.04. The van der Waals surface area contributed by atoms with Crippen molar-refractivity contribution < 1.29 is 4.39 Å². The molecule has 1 N–H and O–H groups in total. The summed E-state index contributed by atoms with van der Waals surface area (Å²) in [6.07, 6.45) is 13.6. The fraction of sp³-hybridized carbons (Fsp3) is 0.562. The first-order chi connectivity index (χ1) is 17.6. The van der Waals surface area contributed by atoms with Gasteiger partial charge < -0.3 is 5.32 Å². The maximum Gasteiger partial charge on any atom is 0.165 e. The Bertz CT molecular complexity index is 1050. The number of aromatic nitrogens is 3. The molecule has 4 nitrogen and oxygen atoms in total. The van der Waals surface area contributed by atoms with E-state index >= 15 is 0 Å². The number of fused-ring (bicyclic) bond motifs is 1. The summed E-state index contributed by atoms with van der Waals surface area (Å²) < 4.78 is 16.0. The third-order valence-corrected chi connectivity index (χ3v) is 6.04. The Morgan fingerprint density at radius 2 is 1.78 bits per heavy atom. The van der Waals surface area contributed by atoms with E-state index in [1.807, 2.05) is 30.5 Å². The number of benzene rings is 1. The van der Waals surface area contributed by atoms with E-state index in [9.17, 15) is 4.39 Å². The second-order valence-corrected chi connectivity index (χ2v) is 11.2. The van der Waals surface area contributed by atoms with Crippen LogP contribution < -0.4 is 5.32 Å². The molecule has 0 radical (unpaired) electrons. The number of nitrogens with zero attached hydrogens (tertiary/aromatic N) is 3. The minimum Gasteiger partial charge on any atom is -0.370 e. The van der Waals surface area contributed by atoms with Gasteiger partial charge in [-0.15, -0.1) is 6.58 Å². The highest BCUT2D eigenvalue weighted by Crippen LogP contribution is 2.28. The Kier molecular flexibility index (Phi) is 14.8. The Hall–Kier alpha value is -2.69. The second kappa shape index (κ2) is 16.9. The van der Waals surface area contributed by atoms with Gasteiger partial charge in [-0.3, -0.25) is 0 Å². The summed E-state index contributed by atoms with van der Waals surface area (Å²) in [6, 6.07) is 7.16. The van der Waals surface area contributed by atoms with Crippen molar-refractivity contribution in [3.8, 4) is 11.1 Å². The van der Waals surface area contributed by atoms with Gasteiger partial charge in [0, 0.05) is 23.9 Å². The average molecular weight is 511 g/mol. The van der Waals surface area contributed by atoms with Crippen LogP contribution in [0, 0.1) is 17.2 Å². The van der Waals surface area contributed by atoms with Crippen molar-refractivity contribution in [3.05, 3.63) is 60.7 Å². The number of unbranched alkanes of at least 4 members (excludes halogenated alkanes) is 1. The molecule has 0 aliphatic carbocycles. The van der Waals surface area contributed by atoms with Gasteiger partial charge in [-0.05, 0) is 60.8 Å². The van der Waals surface area contributed by atoms with Crippen LogP contribution in [0.3, 0.4) is 0 Å². The summed E-state index contributed by atoms with van der Waals surface area (Å²) in [7, 11) is 0. The lowest BCUT2D eigenvalue weighted by Crippen LogP contribution is -2.03. The number of allylic oxidation sites excluding steroid dienone is 1. The molecule has 206 valence electrons. The van der Waals surface area contributed by atoms with Crippen molar-refractivity contribution in [1.82, 2.24) is 14.6 Å². The molecule has 3 aromatic rings. The van der Waals surface area contributed by atoms with E-state index in [0.717, 1.165) is 48.7 Å². The highest BCUT2D eigenvalue weighted by Gasteiger charge is 2.13. The highest BCUT2D eigenvalue weighted by molar-refractivity contribution is 5.78. The van der Waals surface area contributed by atoms with E-state index in [-0.39, 0.29) is 5.82 Å². The zero-order chi connectivity index (χ0) is 27.8. The molecule has 37 heavy (non-hydrogen) atoms. The van der Waals surface area contributed by atoms with Crippen molar-refractivity contribution >= 4 is 11.5 Å². The Labute approximate surface area is 225 Å². The van der Waals surface area contributed by atoms with Gasteiger partial charge in [0.2, 0.25) is 0 Å². The first-order valence-corrected chi connectivity index (χ1v) is 14.0. The van der Waals surface area contributed by atoms with Crippen molar-refractivity contribution in [2.75, 3.05) is 11.9 Å². The van der Waals surface area contributed by atoms with Gasteiger partial charge in [0.25, 0.3) is 0 Å². The molecule has 1 aromatic carbocycles. The fourth-order valence-electron chi connectivity index (χ4n) is 3.30. The van der Waals surface area contributed by atoms with Crippen molar-refractivity contribution in [3.63, 3.8) is 0 Å². The van der Waals surface area contributed by atoms with Crippen LogP contribution in [-0.2, 0) is 6.42 Å². The molecule has 0 atom stereocenters. The Morgan fingerprint density at radius 3 is 2.35 bits per heavy atom. The third kappa shape index (κ3) is 12.4. The van der Waals surface area contributed by atoms with Gasteiger partial charge in [-0.25, -0.2) is 13.9 Å². The fourth-order valence-corrected chi connectivity index (χ4v) is 3.30. The lowest BCUT2D eigenvalue weighted by molar-refractivity contribution is 0.398. The highest BCUT2D eigenvalue weighted by atomic mass is 19.1. The first kappa shape index (κ1) is 32.3. The van der Waals surface area contributed by atoms with Crippen LogP contribution in [0.2, 0.25) is 0 Å². The maximum atomic E-state index is 14.3. The molecule has 0 aliphatic rings. The van der Waals surface area contributed by atoms with Gasteiger partial charge in [0.15, 0.2) is 5.65 Å². The summed E-state index contributed by atoms with van der Waals surface area (Å²) in [5, 5.41) is 7.55. The van der Waals surface area contributed by atoms with E-state index in [4.69, 9.17) is 0 Å². The summed E-state index contributed by atoms with van der Waals surface area (Å²) in [4.78, 5) is 4.59. The van der Waals surface area contributed by atoms with E-state index < -0.39 is 0 Å². The Morgan fingerprint density at radius 1 is 1.08 bits per heavy atom. The molecule has 0 spiro atoms. The summed E-state index contributed by atoms with van der Waals surface area (Å²) >= 11 is 0. The lowest BCUT2D eigenvalue weighted by atomic mass is 9.94. The predicted octanol–water partition coefficient (Wildman–Crippen LogP) is 9.75. The molecular weight excluding hydrogens is 459 g/mol. The summed E-state index contributed by atoms with van der Waals surface area (Å²) in [6.45, 7) is 22.2. The maximum absolute atomic E-state index is 14.3. The van der Waals surface area contributed by atoms with Crippen LogP contribution in [-0.4, -0.2) is 21.1 Å². The van der Waals surface area contributed by atoms with Crippen LogP contribution in [0.25, 0.3) is 16.8 Å². The molecule has 0 aliphatic heterocycles. The van der Waals surface area contributed by atoms with Gasteiger partial charge in [0.05, 0.1) is 6.20 Å². The molecule has 2 heterocycles. The Balaban J connectivity index is 0.000000405. The van der Waals surface area contributed by atoms with Crippen LogP contribution in [0.4, 0.5) is 10.2 Å². The number of halogens is 1. The molecule has 0 saturated carbocycles. The van der Waals surface area contributed by atoms with E-state index in [1.54, 1.807) is 10.7 Å². The smallest absolute Gasteiger partial charge is 0.165 e. The van der Waals surface area contributed by atoms with Crippen molar-refractivity contribution in [2.45, 2.75) is 100 Å². The first-order valence-electron chi connectivity index (χ1n) is 14.0.